The Morgan fingerprint density at radius 1 is 1.50 bits per heavy atom. The van der Waals surface area contributed by atoms with Gasteiger partial charge in [-0.25, -0.2) is 0 Å². The van der Waals surface area contributed by atoms with Crippen LogP contribution in [-0.4, -0.2) is 31.6 Å². The largest absolute Gasteiger partial charge is 0.311 e. The molecule has 0 bridgehead atoms. The van der Waals surface area contributed by atoms with Crippen LogP contribution in [0.15, 0.2) is 15.2 Å². The van der Waals surface area contributed by atoms with Gasteiger partial charge in [-0.05, 0) is 61.4 Å². The van der Waals surface area contributed by atoms with E-state index >= 15 is 0 Å². The van der Waals surface area contributed by atoms with E-state index in [2.05, 4.69) is 64.8 Å². The summed E-state index contributed by atoms with van der Waals surface area (Å²) in [5, 5.41) is 7.82. The second kappa shape index (κ2) is 5.63. The first-order chi connectivity index (χ1) is 7.47. The van der Waals surface area contributed by atoms with Crippen molar-refractivity contribution in [3.8, 4) is 0 Å². The molecule has 0 fully saturated rings. The van der Waals surface area contributed by atoms with Crippen molar-refractivity contribution in [2.45, 2.75) is 31.8 Å². The maximum absolute atomic E-state index is 3.63. The van der Waals surface area contributed by atoms with Gasteiger partial charge < -0.3 is 10.2 Å². The van der Waals surface area contributed by atoms with Gasteiger partial charge in [0.15, 0.2) is 0 Å². The highest BCUT2D eigenvalue weighted by Gasteiger charge is 2.35. The summed E-state index contributed by atoms with van der Waals surface area (Å²) < 4.78 is 1.21. The Balaban J connectivity index is 3.11. The van der Waals surface area contributed by atoms with Crippen molar-refractivity contribution < 1.29 is 0 Å². The molecule has 0 saturated heterocycles. The number of hydrogen-bond acceptors (Lipinski definition) is 3. The molecule has 92 valence electrons. The van der Waals surface area contributed by atoms with Gasteiger partial charge in [-0.15, -0.1) is 0 Å². The molecule has 0 aliphatic carbocycles. The average molecular weight is 305 g/mol. The highest BCUT2D eigenvalue weighted by molar-refractivity contribution is 9.10. The van der Waals surface area contributed by atoms with E-state index in [4.69, 9.17) is 0 Å². The SMILES string of the molecule is CCC(C)(C(NC)c1cscc1Br)N(C)C. The van der Waals surface area contributed by atoms with Gasteiger partial charge in [-0.1, -0.05) is 6.92 Å². The summed E-state index contributed by atoms with van der Waals surface area (Å²) in [6, 6.07) is 0.341. The molecule has 1 rings (SSSR count). The van der Waals surface area contributed by atoms with Crippen LogP contribution in [0.3, 0.4) is 0 Å². The number of halogens is 1. The van der Waals surface area contributed by atoms with Crippen LogP contribution in [0.2, 0.25) is 0 Å². The first-order valence-electron chi connectivity index (χ1n) is 5.53. The van der Waals surface area contributed by atoms with E-state index in [0.717, 1.165) is 6.42 Å². The molecule has 1 aromatic heterocycles. The van der Waals surface area contributed by atoms with Crippen LogP contribution in [0.4, 0.5) is 0 Å². The minimum absolute atomic E-state index is 0.123. The van der Waals surface area contributed by atoms with Gasteiger partial charge in [0.05, 0.1) is 6.04 Å². The highest BCUT2D eigenvalue weighted by Crippen LogP contribution is 2.37. The summed E-state index contributed by atoms with van der Waals surface area (Å²) in [6.45, 7) is 4.54. The van der Waals surface area contributed by atoms with E-state index in [1.54, 1.807) is 11.3 Å². The van der Waals surface area contributed by atoms with Crippen molar-refractivity contribution in [2.24, 2.45) is 0 Å². The van der Waals surface area contributed by atoms with Gasteiger partial charge >= 0.3 is 0 Å². The van der Waals surface area contributed by atoms with E-state index in [1.807, 2.05) is 7.05 Å². The van der Waals surface area contributed by atoms with Crippen LogP contribution in [-0.2, 0) is 0 Å². The van der Waals surface area contributed by atoms with Gasteiger partial charge in [0.25, 0.3) is 0 Å². The molecule has 0 aliphatic rings. The first kappa shape index (κ1) is 14.2. The smallest absolute Gasteiger partial charge is 0.0521 e. The standard InChI is InChI=1S/C12H21BrN2S/c1-6-12(2,15(4)5)11(14-3)9-7-16-8-10(9)13/h7-8,11,14H,6H2,1-5H3. The third-order valence-electron chi connectivity index (χ3n) is 3.60. The van der Waals surface area contributed by atoms with Crippen LogP contribution in [0.5, 0.6) is 0 Å². The Morgan fingerprint density at radius 3 is 2.44 bits per heavy atom. The normalized spacial score (nSPS) is 17.4. The summed E-state index contributed by atoms with van der Waals surface area (Å²) >= 11 is 5.37. The molecule has 0 amide bonds. The Labute approximate surface area is 111 Å². The molecule has 0 saturated carbocycles. The number of rotatable bonds is 5. The summed E-state index contributed by atoms with van der Waals surface area (Å²) in [4.78, 5) is 2.30. The van der Waals surface area contributed by atoms with Crippen molar-refractivity contribution in [3.05, 3.63) is 20.8 Å². The first-order valence-corrected chi connectivity index (χ1v) is 7.27. The molecule has 16 heavy (non-hydrogen) atoms. The molecule has 2 unspecified atom stereocenters. The van der Waals surface area contributed by atoms with Gasteiger partial charge in [0.1, 0.15) is 0 Å². The molecule has 2 atom stereocenters. The van der Waals surface area contributed by atoms with Gasteiger partial charge in [0.2, 0.25) is 0 Å². The second-order valence-electron chi connectivity index (χ2n) is 4.50. The van der Waals surface area contributed by atoms with Crippen molar-refractivity contribution in [1.82, 2.24) is 10.2 Å². The third kappa shape index (κ3) is 2.50. The van der Waals surface area contributed by atoms with Crippen LogP contribution in [0, 0.1) is 0 Å². The minimum Gasteiger partial charge on any atom is -0.311 e. The summed E-state index contributed by atoms with van der Waals surface area (Å²) in [7, 11) is 6.33. The molecule has 0 spiro atoms. The van der Waals surface area contributed by atoms with Crippen LogP contribution in [0.1, 0.15) is 31.9 Å². The molecular weight excluding hydrogens is 284 g/mol. The van der Waals surface area contributed by atoms with E-state index in [9.17, 15) is 0 Å². The second-order valence-corrected chi connectivity index (χ2v) is 6.10. The lowest BCUT2D eigenvalue weighted by molar-refractivity contribution is 0.117. The van der Waals surface area contributed by atoms with E-state index in [1.165, 1.54) is 10.0 Å². The molecule has 1 N–H and O–H groups in total. The van der Waals surface area contributed by atoms with Crippen LogP contribution >= 0.6 is 27.3 Å². The van der Waals surface area contributed by atoms with Crippen LogP contribution < -0.4 is 5.32 Å². The quantitative estimate of drug-likeness (QED) is 0.895. The molecular formula is C12H21BrN2S. The van der Waals surface area contributed by atoms with Gasteiger partial charge in [0, 0.05) is 15.4 Å². The van der Waals surface area contributed by atoms with Crippen molar-refractivity contribution in [2.75, 3.05) is 21.1 Å². The number of likely N-dealkylation sites (N-methyl/N-ethyl adjacent to an activating group) is 2. The van der Waals surface area contributed by atoms with E-state index in [-0.39, 0.29) is 5.54 Å². The van der Waals surface area contributed by atoms with E-state index < -0.39 is 0 Å². The fourth-order valence-corrected chi connectivity index (χ4v) is 3.63. The zero-order valence-electron chi connectivity index (χ0n) is 10.7. The molecule has 0 aromatic carbocycles. The Hall–Kier alpha value is 0.1000. The molecule has 1 heterocycles. The Morgan fingerprint density at radius 2 is 2.12 bits per heavy atom. The summed E-state index contributed by atoms with van der Waals surface area (Å²) in [6.07, 6.45) is 1.10. The molecule has 2 nitrogen and oxygen atoms in total. The third-order valence-corrected chi connectivity index (χ3v) is 5.35. The Kier molecular flexibility index (Phi) is 4.98. The fourth-order valence-electron chi connectivity index (χ4n) is 2.08. The fraction of sp³-hybridized carbons (Fsp3) is 0.667. The predicted octanol–water partition coefficient (Wildman–Crippen LogP) is 3.50. The van der Waals surface area contributed by atoms with Crippen molar-refractivity contribution in [1.29, 1.82) is 0 Å². The van der Waals surface area contributed by atoms with E-state index in [0.29, 0.717) is 6.04 Å². The lowest BCUT2D eigenvalue weighted by Gasteiger charge is -2.42. The number of nitrogens with one attached hydrogen (secondary N) is 1. The summed E-state index contributed by atoms with van der Waals surface area (Å²) in [5.74, 6) is 0. The lowest BCUT2D eigenvalue weighted by atomic mass is 9.84. The molecule has 0 aliphatic heterocycles. The zero-order chi connectivity index (χ0) is 12.3. The van der Waals surface area contributed by atoms with Crippen molar-refractivity contribution >= 4 is 27.3 Å². The monoisotopic (exact) mass is 304 g/mol. The predicted molar refractivity (Wildman–Crippen MR) is 76.2 cm³/mol. The van der Waals surface area contributed by atoms with Crippen molar-refractivity contribution in [3.63, 3.8) is 0 Å². The maximum Gasteiger partial charge on any atom is 0.0521 e. The number of thiophene rings is 1. The van der Waals surface area contributed by atoms with Gasteiger partial charge in [-0.3, -0.25) is 0 Å². The number of hydrogen-bond donors (Lipinski definition) is 1. The zero-order valence-corrected chi connectivity index (χ0v) is 13.1. The Bertz CT molecular complexity index is 338. The maximum atomic E-state index is 3.63. The summed E-state index contributed by atoms with van der Waals surface area (Å²) in [5.41, 5.74) is 1.48. The number of nitrogens with zero attached hydrogens (tertiary/aromatic N) is 1. The highest BCUT2D eigenvalue weighted by atomic mass is 79.9. The van der Waals surface area contributed by atoms with Gasteiger partial charge in [-0.2, -0.15) is 11.3 Å². The molecule has 1 aromatic rings. The average Bonchev–Trinajstić information content (AvgIpc) is 2.65. The topological polar surface area (TPSA) is 15.3 Å². The van der Waals surface area contributed by atoms with Crippen LogP contribution in [0.25, 0.3) is 0 Å². The minimum atomic E-state index is 0.123. The lowest BCUT2D eigenvalue weighted by Crippen LogP contribution is -2.50. The molecule has 0 radical (unpaired) electrons. The molecule has 4 heteroatoms.